The Morgan fingerprint density at radius 2 is 2.17 bits per heavy atom. The van der Waals surface area contributed by atoms with E-state index in [2.05, 4.69) is 12.6 Å². The number of likely N-dealkylation sites (tertiary alicyclic amines) is 1. The van der Waals surface area contributed by atoms with Gasteiger partial charge in [0.15, 0.2) is 0 Å². The van der Waals surface area contributed by atoms with E-state index in [9.17, 15) is 9.59 Å². The fourth-order valence-electron chi connectivity index (χ4n) is 2.02. The van der Waals surface area contributed by atoms with Gasteiger partial charge in [-0.1, -0.05) is 11.6 Å². The van der Waals surface area contributed by atoms with Crippen molar-refractivity contribution >= 4 is 36.0 Å². The first-order valence-corrected chi connectivity index (χ1v) is 6.38. The minimum absolute atomic E-state index is 0.181. The summed E-state index contributed by atoms with van der Waals surface area (Å²) >= 11 is 10.2. The van der Waals surface area contributed by atoms with Crippen LogP contribution in [-0.4, -0.2) is 29.8 Å². The van der Waals surface area contributed by atoms with Gasteiger partial charge in [0.2, 0.25) is 5.91 Å². The van der Waals surface area contributed by atoms with Gasteiger partial charge < -0.3 is 10.6 Å². The molecule has 1 saturated heterocycles. The summed E-state index contributed by atoms with van der Waals surface area (Å²) in [6.45, 7) is 0.890. The molecule has 2 rings (SSSR count). The lowest BCUT2D eigenvalue weighted by Gasteiger charge is -2.17. The molecule has 1 heterocycles. The third-order valence-electron chi connectivity index (χ3n) is 3.06. The molecule has 1 unspecified atom stereocenters. The van der Waals surface area contributed by atoms with Crippen LogP contribution in [0.4, 0.5) is 0 Å². The molecule has 0 radical (unpaired) electrons. The Morgan fingerprint density at radius 3 is 2.78 bits per heavy atom. The predicted octanol–water partition coefficient (Wildman–Crippen LogP) is 1.58. The number of primary amides is 1. The van der Waals surface area contributed by atoms with Gasteiger partial charge in [-0.15, -0.1) is 12.6 Å². The minimum Gasteiger partial charge on any atom is -0.369 e. The smallest absolute Gasteiger partial charge is 0.255 e. The molecule has 4 nitrogen and oxygen atoms in total. The zero-order valence-corrected chi connectivity index (χ0v) is 11.2. The topological polar surface area (TPSA) is 63.4 Å². The Bertz CT molecular complexity index is 507. The van der Waals surface area contributed by atoms with Crippen LogP contribution in [0.5, 0.6) is 0 Å². The summed E-state index contributed by atoms with van der Waals surface area (Å²) in [5.74, 6) is -0.800. The van der Waals surface area contributed by atoms with Crippen molar-refractivity contribution in [3.8, 4) is 0 Å². The largest absolute Gasteiger partial charge is 0.369 e. The summed E-state index contributed by atoms with van der Waals surface area (Å²) in [7, 11) is 0. The standard InChI is InChI=1S/C12H13ClN2O2S/c13-10-2-1-8(18)5-9(10)12(17)15-4-3-7(6-15)11(14)16/h1-2,5,7,18H,3-4,6H2,(H2,14,16). The number of rotatable bonds is 2. The molecule has 1 fully saturated rings. The SMILES string of the molecule is NC(=O)C1CCN(C(=O)c2cc(S)ccc2Cl)C1. The second-order valence-corrected chi connectivity index (χ2v) is 5.23. The van der Waals surface area contributed by atoms with Crippen molar-refractivity contribution in [1.82, 2.24) is 4.90 Å². The number of nitrogens with two attached hydrogens (primary N) is 1. The molecule has 96 valence electrons. The van der Waals surface area contributed by atoms with Gasteiger partial charge in [0.25, 0.3) is 5.91 Å². The number of amides is 2. The Morgan fingerprint density at radius 1 is 1.44 bits per heavy atom. The summed E-state index contributed by atoms with van der Waals surface area (Å²) in [5.41, 5.74) is 5.65. The first-order chi connectivity index (χ1) is 8.49. The van der Waals surface area contributed by atoms with E-state index in [1.807, 2.05) is 0 Å². The van der Waals surface area contributed by atoms with Crippen molar-refractivity contribution in [2.24, 2.45) is 11.7 Å². The maximum absolute atomic E-state index is 12.2. The second-order valence-electron chi connectivity index (χ2n) is 4.30. The van der Waals surface area contributed by atoms with E-state index in [0.717, 1.165) is 0 Å². The molecule has 2 amide bonds. The van der Waals surface area contributed by atoms with Crippen molar-refractivity contribution in [2.75, 3.05) is 13.1 Å². The minimum atomic E-state index is -0.362. The molecule has 1 aliphatic heterocycles. The molecular weight excluding hydrogens is 272 g/mol. The molecule has 6 heteroatoms. The first kappa shape index (κ1) is 13.2. The maximum Gasteiger partial charge on any atom is 0.255 e. The fraction of sp³-hybridized carbons (Fsp3) is 0.333. The number of carbonyl (C=O) groups is 2. The number of hydrogen-bond donors (Lipinski definition) is 2. The summed E-state index contributed by atoms with van der Waals surface area (Å²) in [6, 6.07) is 4.99. The van der Waals surface area contributed by atoms with Crippen LogP contribution in [0.3, 0.4) is 0 Å². The van der Waals surface area contributed by atoms with Crippen LogP contribution in [0.15, 0.2) is 23.1 Å². The highest BCUT2D eigenvalue weighted by Crippen LogP contribution is 2.24. The fourth-order valence-corrected chi connectivity index (χ4v) is 2.43. The van der Waals surface area contributed by atoms with Crippen LogP contribution in [-0.2, 0) is 4.79 Å². The summed E-state index contributed by atoms with van der Waals surface area (Å²) in [4.78, 5) is 25.6. The number of nitrogens with zero attached hydrogens (tertiary/aromatic N) is 1. The third kappa shape index (κ3) is 2.62. The van der Waals surface area contributed by atoms with Gasteiger partial charge in [0.05, 0.1) is 16.5 Å². The van der Waals surface area contributed by atoms with Crippen LogP contribution in [0, 0.1) is 5.92 Å². The van der Waals surface area contributed by atoms with Crippen LogP contribution < -0.4 is 5.73 Å². The molecule has 0 spiro atoms. The summed E-state index contributed by atoms with van der Waals surface area (Å²) < 4.78 is 0. The maximum atomic E-state index is 12.2. The molecule has 18 heavy (non-hydrogen) atoms. The van der Waals surface area contributed by atoms with Gasteiger partial charge in [-0.25, -0.2) is 0 Å². The Balaban J connectivity index is 2.17. The Hall–Kier alpha value is -1.20. The number of thiol groups is 1. The molecule has 0 aromatic heterocycles. The second kappa shape index (κ2) is 5.20. The van der Waals surface area contributed by atoms with E-state index < -0.39 is 0 Å². The number of benzene rings is 1. The first-order valence-electron chi connectivity index (χ1n) is 5.56. The lowest BCUT2D eigenvalue weighted by atomic mass is 10.1. The van der Waals surface area contributed by atoms with E-state index in [4.69, 9.17) is 17.3 Å². The molecule has 0 bridgehead atoms. The quantitative estimate of drug-likeness (QED) is 0.810. The highest BCUT2D eigenvalue weighted by Gasteiger charge is 2.30. The zero-order chi connectivity index (χ0) is 13.3. The van der Waals surface area contributed by atoms with Crippen LogP contribution in [0.25, 0.3) is 0 Å². The van der Waals surface area contributed by atoms with Crippen molar-refractivity contribution in [3.63, 3.8) is 0 Å². The number of hydrogen-bond acceptors (Lipinski definition) is 3. The third-order valence-corrected chi connectivity index (χ3v) is 3.67. The molecular formula is C12H13ClN2O2S. The van der Waals surface area contributed by atoms with E-state index in [-0.39, 0.29) is 17.7 Å². The number of carbonyl (C=O) groups excluding carboxylic acids is 2. The van der Waals surface area contributed by atoms with Crippen LogP contribution in [0.1, 0.15) is 16.8 Å². The highest BCUT2D eigenvalue weighted by atomic mass is 35.5. The molecule has 1 aromatic rings. The highest BCUT2D eigenvalue weighted by molar-refractivity contribution is 7.80. The monoisotopic (exact) mass is 284 g/mol. The Kier molecular flexibility index (Phi) is 3.82. The predicted molar refractivity (Wildman–Crippen MR) is 71.9 cm³/mol. The lowest BCUT2D eigenvalue weighted by Crippen LogP contribution is -2.31. The van der Waals surface area contributed by atoms with E-state index in [1.165, 1.54) is 0 Å². The lowest BCUT2D eigenvalue weighted by molar-refractivity contribution is -0.121. The van der Waals surface area contributed by atoms with Gasteiger partial charge in [-0.2, -0.15) is 0 Å². The van der Waals surface area contributed by atoms with Crippen LogP contribution >= 0.6 is 24.2 Å². The normalized spacial score (nSPS) is 19.0. The summed E-state index contributed by atoms with van der Waals surface area (Å²) in [6.07, 6.45) is 0.610. The summed E-state index contributed by atoms with van der Waals surface area (Å²) in [5, 5.41) is 0.389. The van der Waals surface area contributed by atoms with Crippen molar-refractivity contribution in [2.45, 2.75) is 11.3 Å². The average molecular weight is 285 g/mol. The Labute approximate surface area is 115 Å². The van der Waals surface area contributed by atoms with Crippen molar-refractivity contribution in [1.29, 1.82) is 0 Å². The van der Waals surface area contributed by atoms with Gasteiger partial charge in [-0.05, 0) is 24.6 Å². The molecule has 1 aliphatic rings. The van der Waals surface area contributed by atoms with Gasteiger partial charge in [-0.3, -0.25) is 9.59 Å². The van der Waals surface area contributed by atoms with Crippen molar-refractivity contribution < 1.29 is 9.59 Å². The molecule has 0 aliphatic carbocycles. The molecule has 2 N–H and O–H groups in total. The molecule has 1 atom stereocenters. The van der Waals surface area contributed by atoms with E-state index in [0.29, 0.717) is 35.0 Å². The van der Waals surface area contributed by atoms with Gasteiger partial charge in [0.1, 0.15) is 0 Å². The average Bonchev–Trinajstić information content (AvgIpc) is 2.81. The van der Waals surface area contributed by atoms with Crippen LogP contribution in [0.2, 0.25) is 5.02 Å². The van der Waals surface area contributed by atoms with E-state index in [1.54, 1.807) is 23.1 Å². The number of halogens is 1. The van der Waals surface area contributed by atoms with Gasteiger partial charge >= 0.3 is 0 Å². The zero-order valence-electron chi connectivity index (χ0n) is 9.60. The molecule has 0 saturated carbocycles. The van der Waals surface area contributed by atoms with Gasteiger partial charge in [0, 0.05) is 18.0 Å². The van der Waals surface area contributed by atoms with Crippen molar-refractivity contribution in [3.05, 3.63) is 28.8 Å². The molecule has 1 aromatic carbocycles. The van der Waals surface area contributed by atoms with E-state index >= 15 is 0 Å².